The van der Waals surface area contributed by atoms with Gasteiger partial charge in [0, 0.05) is 7.04 Å². The van der Waals surface area contributed by atoms with E-state index >= 15 is 0 Å². The second-order valence-electron chi connectivity index (χ2n) is 5.49. The van der Waals surface area contributed by atoms with Crippen LogP contribution in [0.3, 0.4) is 0 Å². The van der Waals surface area contributed by atoms with Crippen molar-refractivity contribution < 1.29 is 18.7 Å². The summed E-state index contributed by atoms with van der Waals surface area (Å²) in [5, 5.41) is 17.0. The lowest BCUT2D eigenvalue weighted by atomic mass is 10.1. The molecule has 0 atom stereocenters. The van der Waals surface area contributed by atoms with E-state index in [0.29, 0.717) is 4.97 Å². The fraction of sp³-hybridized carbons (Fsp3) is 1.00. The molecule has 18 heavy (non-hydrogen) atoms. The second-order valence-corrected chi connectivity index (χ2v) is 5.49. The largest absolute Gasteiger partial charge is 0.569 e. The highest BCUT2D eigenvalue weighted by Crippen LogP contribution is 2.21. The quantitative estimate of drug-likeness (QED) is 0.419. The first-order valence-corrected chi connectivity index (χ1v) is 6.35. The fourth-order valence-corrected chi connectivity index (χ4v) is 1.95. The molecule has 1 aliphatic rings. The van der Waals surface area contributed by atoms with Crippen molar-refractivity contribution >= 4 is 0 Å². The van der Waals surface area contributed by atoms with Gasteiger partial charge in [0.1, 0.15) is 12.6 Å². The van der Waals surface area contributed by atoms with E-state index in [0.717, 1.165) is 25.7 Å². The van der Waals surface area contributed by atoms with Crippen LogP contribution in [0.5, 0.6) is 0 Å². The Morgan fingerprint density at radius 3 is 2.67 bits per heavy atom. The van der Waals surface area contributed by atoms with Crippen LogP contribution in [-0.4, -0.2) is 41.8 Å². The number of hydrogen-bond donors (Lipinski definition) is 0. The minimum Gasteiger partial charge on any atom is -0.569 e. The first-order chi connectivity index (χ1) is 9.59. The van der Waals surface area contributed by atoms with Crippen LogP contribution >= 0.6 is 0 Å². The molecular formula is C12H25N3O3. The Bertz CT molecular complexity index is 350. The smallest absolute Gasteiger partial charge is 0.233 e. The maximum atomic E-state index is 12.1. The van der Waals surface area contributed by atoms with Crippen molar-refractivity contribution in [2.45, 2.75) is 58.1 Å². The monoisotopic (exact) mass is 262 g/mol. The van der Waals surface area contributed by atoms with Crippen molar-refractivity contribution in [2.24, 2.45) is 5.28 Å². The Balaban J connectivity index is 2.57. The number of hydrazine groups is 1. The van der Waals surface area contributed by atoms with Crippen molar-refractivity contribution in [2.75, 3.05) is 20.2 Å². The zero-order valence-electron chi connectivity index (χ0n) is 14.4. The van der Waals surface area contributed by atoms with E-state index in [1.807, 2.05) is 20.8 Å². The summed E-state index contributed by atoms with van der Waals surface area (Å²) >= 11 is 0. The van der Waals surface area contributed by atoms with Gasteiger partial charge < -0.3 is 14.8 Å². The third-order valence-electron chi connectivity index (χ3n) is 2.95. The van der Waals surface area contributed by atoms with E-state index in [1.165, 1.54) is 5.01 Å². The number of nitrogens with zero attached hydrogens (tertiary/aromatic N) is 3. The van der Waals surface area contributed by atoms with Crippen LogP contribution in [0.25, 0.3) is 0 Å². The van der Waals surface area contributed by atoms with Crippen LogP contribution in [0.4, 0.5) is 0 Å². The highest BCUT2D eigenvalue weighted by atomic mass is 16.7. The lowest BCUT2D eigenvalue weighted by Gasteiger charge is -2.30. The molecular weight excluding hydrogens is 234 g/mol. The first kappa shape index (κ1) is 10.8. The van der Waals surface area contributed by atoms with Crippen LogP contribution in [0.2, 0.25) is 0 Å². The average molecular weight is 262 g/mol. The summed E-state index contributed by atoms with van der Waals surface area (Å²) in [4.78, 5) is 5.62. The van der Waals surface area contributed by atoms with E-state index in [1.54, 1.807) is 0 Å². The van der Waals surface area contributed by atoms with E-state index in [4.69, 9.17) is 13.7 Å². The molecule has 1 fully saturated rings. The van der Waals surface area contributed by atoms with Crippen molar-refractivity contribution in [1.29, 1.82) is 0 Å². The molecule has 0 N–H and O–H groups in total. The van der Waals surface area contributed by atoms with Gasteiger partial charge in [-0.25, -0.2) is 0 Å². The van der Waals surface area contributed by atoms with Gasteiger partial charge in [0.15, 0.2) is 0 Å². The topological polar surface area (TPSA) is 60.1 Å². The molecule has 0 spiro atoms. The van der Waals surface area contributed by atoms with Crippen LogP contribution < -0.4 is 0 Å². The number of methoxy groups -OCH3 is 1. The van der Waals surface area contributed by atoms with E-state index in [-0.39, 0.29) is 19.3 Å². The van der Waals surface area contributed by atoms with E-state index in [2.05, 4.69) is 5.28 Å². The highest BCUT2D eigenvalue weighted by Gasteiger charge is 2.29. The van der Waals surface area contributed by atoms with Gasteiger partial charge >= 0.3 is 0 Å². The molecule has 0 aromatic carbocycles. The summed E-state index contributed by atoms with van der Waals surface area (Å²) in [5.74, 6) is 0. The average Bonchev–Trinajstić information content (AvgIpc) is 2.81. The zero-order chi connectivity index (χ0) is 16.1. The van der Waals surface area contributed by atoms with Crippen LogP contribution in [0, 0.1) is 5.21 Å². The number of rotatable bonds is 6. The van der Waals surface area contributed by atoms with Gasteiger partial charge in [0.05, 0.1) is 21.2 Å². The molecule has 0 amide bonds. The lowest BCUT2D eigenvalue weighted by Crippen LogP contribution is -2.47. The molecule has 6 nitrogen and oxygen atoms in total. The second kappa shape index (κ2) is 6.78. The first-order valence-electron chi connectivity index (χ1n) is 7.85. The molecule has 0 unspecified atom stereocenters. The normalized spacial score (nSPS) is 21.3. The summed E-state index contributed by atoms with van der Waals surface area (Å²) in [5.41, 5.74) is -0.525. The Labute approximate surface area is 113 Å². The van der Waals surface area contributed by atoms with E-state index in [9.17, 15) is 5.21 Å². The van der Waals surface area contributed by atoms with Gasteiger partial charge in [-0.3, -0.25) is 0 Å². The SMILES string of the molecule is [2H]C([2H])([2H])OCCN(/[N+]([O-])=N/OC1CCCC1)C(C)(C)C. The van der Waals surface area contributed by atoms with Crippen LogP contribution in [0.1, 0.15) is 50.6 Å². The number of ether oxygens (including phenoxy) is 1. The van der Waals surface area contributed by atoms with Crippen LogP contribution in [0.15, 0.2) is 5.28 Å². The van der Waals surface area contributed by atoms with Crippen molar-refractivity contribution in [3.8, 4) is 0 Å². The summed E-state index contributed by atoms with van der Waals surface area (Å²) in [7, 11) is -2.46. The molecule has 0 aliphatic heterocycles. The standard InChI is InChI=1S/C12H25N3O3/c1-12(2,3)14(9-10-17-4)15(16)13-18-11-7-5-6-8-11/h11H,5-10H2,1-4H3/b15-13-/i4D3. The molecule has 6 heteroatoms. The summed E-state index contributed by atoms with van der Waals surface area (Å²) < 4.78 is 25.7. The minimum absolute atomic E-state index is 0.00175. The van der Waals surface area contributed by atoms with Crippen molar-refractivity contribution in [3.63, 3.8) is 0 Å². The lowest BCUT2D eigenvalue weighted by molar-refractivity contribution is -0.726. The van der Waals surface area contributed by atoms with Gasteiger partial charge in [-0.1, -0.05) is 0 Å². The fourth-order valence-electron chi connectivity index (χ4n) is 1.95. The molecule has 0 bridgehead atoms. The molecule has 0 aromatic rings. The van der Waals surface area contributed by atoms with Crippen LogP contribution in [-0.2, 0) is 9.57 Å². The molecule has 0 radical (unpaired) electrons. The minimum atomic E-state index is -2.46. The molecule has 0 saturated heterocycles. The van der Waals surface area contributed by atoms with Gasteiger partial charge in [-0.05, 0) is 46.5 Å². The Kier molecular flexibility index (Phi) is 4.08. The predicted molar refractivity (Wildman–Crippen MR) is 67.7 cm³/mol. The van der Waals surface area contributed by atoms with Gasteiger partial charge in [0.2, 0.25) is 5.28 Å². The zero-order valence-corrected chi connectivity index (χ0v) is 11.4. The predicted octanol–water partition coefficient (Wildman–Crippen LogP) is 2.49. The molecule has 1 saturated carbocycles. The Morgan fingerprint density at radius 2 is 2.11 bits per heavy atom. The summed E-state index contributed by atoms with van der Waals surface area (Å²) in [6.45, 7) is 5.52. The molecule has 106 valence electrons. The summed E-state index contributed by atoms with van der Waals surface area (Å²) in [6.07, 6.45) is 4.01. The van der Waals surface area contributed by atoms with Gasteiger partial charge in [0.25, 0.3) is 0 Å². The summed E-state index contributed by atoms with van der Waals surface area (Å²) in [6, 6.07) is 0. The van der Waals surface area contributed by atoms with Crippen molar-refractivity contribution in [3.05, 3.63) is 5.21 Å². The molecule has 0 aromatic heterocycles. The molecule has 1 rings (SSSR count). The van der Waals surface area contributed by atoms with Gasteiger partial charge in [-0.15, -0.1) is 5.01 Å². The Hall–Kier alpha value is -1.04. The molecule has 0 heterocycles. The molecule has 1 aliphatic carbocycles. The number of hydrogen-bond acceptors (Lipinski definition) is 4. The maximum Gasteiger partial charge on any atom is 0.233 e. The third kappa shape index (κ3) is 4.68. The Morgan fingerprint density at radius 1 is 1.44 bits per heavy atom. The van der Waals surface area contributed by atoms with Gasteiger partial charge in [-0.2, -0.15) is 0 Å². The highest BCUT2D eigenvalue weighted by molar-refractivity contribution is 4.68. The third-order valence-corrected chi connectivity index (χ3v) is 2.95. The van der Waals surface area contributed by atoms with Crippen molar-refractivity contribution in [1.82, 2.24) is 5.01 Å². The van der Waals surface area contributed by atoms with E-state index < -0.39 is 12.6 Å². The maximum absolute atomic E-state index is 12.1.